The summed E-state index contributed by atoms with van der Waals surface area (Å²) in [4.78, 5) is 12.4. The first-order chi connectivity index (χ1) is 11.6. The summed E-state index contributed by atoms with van der Waals surface area (Å²) in [5, 5.41) is 3.05. The monoisotopic (exact) mass is 327 g/mol. The quantitative estimate of drug-likeness (QED) is 0.806. The average molecular weight is 327 g/mol. The molecule has 2 rings (SSSR count). The Morgan fingerprint density at radius 1 is 1.12 bits per heavy atom. The van der Waals surface area contributed by atoms with Gasteiger partial charge >= 0.3 is 0 Å². The highest BCUT2D eigenvalue weighted by molar-refractivity contribution is 5.94. The highest BCUT2D eigenvalue weighted by Gasteiger charge is 2.12. The van der Waals surface area contributed by atoms with Crippen LogP contribution < -0.4 is 10.1 Å². The first-order valence-electron chi connectivity index (χ1n) is 8.14. The van der Waals surface area contributed by atoms with Crippen molar-refractivity contribution in [2.24, 2.45) is 0 Å². The van der Waals surface area contributed by atoms with Gasteiger partial charge in [0.15, 0.2) is 0 Å². The maximum Gasteiger partial charge on any atom is 0.251 e. The molecule has 1 amide bonds. The third-order valence-electron chi connectivity index (χ3n) is 3.93. The van der Waals surface area contributed by atoms with Crippen LogP contribution in [0.1, 0.15) is 34.8 Å². The van der Waals surface area contributed by atoms with E-state index in [9.17, 15) is 4.79 Å². The smallest absolute Gasteiger partial charge is 0.251 e. The molecule has 0 heterocycles. The number of rotatable bonds is 8. The number of amides is 1. The predicted molar refractivity (Wildman–Crippen MR) is 95.4 cm³/mol. The molecule has 0 aliphatic heterocycles. The van der Waals surface area contributed by atoms with Crippen molar-refractivity contribution in [3.05, 3.63) is 65.2 Å². The molecule has 2 aromatic carbocycles. The number of ether oxygens (including phenoxy) is 2. The third kappa shape index (κ3) is 5.10. The standard InChI is InChI=1S/C20H25NO3/c1-15(9-10-16-7-5-4-6-8-16)21-20(22)17-11-12-19(24-3)18(13-17)14-23-2/h4-8,11-13,15H,9-10,14H2,1-3H3,(H,21,22)/t15-/m0/s1. The second-order valence-electron chi connectivity index (χ2n) is 5.86. The molecule has 1 N–H and O–H groups in total. The number of benzene rings is 2. The Morgan fingerprint density at radius 3 is 2.54 bits per heavy atom. The van der Waals surface area contributed by atoms with E-state index in [0.29, 0.717) is 12.2 Å². The fourth-order valence-corrected chi connectivity index (χ4v) is 2.60. The van der Waals surface area contributed by atoms with E-state index in [1.807, 2.05) is 31.2 Å². The van der Waals surface area contributed by atoms with E-state index >= 15 is 0 Å². The van der Waals surface area contributed by atoms with Crippen LogP contribution in [0.15, 0.2) is 48.5 Å². The normalized spacial score (nSPS) is 11.8. The van der Waals surface area contributed by atoms with Crippen LogP contribution in [-0.2, 0) is 17.8 Å². The van der Waals surface area contributed by atoms with Crippen molar-refractivity contribution >= 4 is 5.91 Å². The van der Waals surface area contributed by atoms with Gasteiger partial charge in [0.1, 0.15) is 5.75 Å². The van der Waals surface area contributed by atoms with Gasteiger partial charge in [-0.1, -0.05) is 30.3 Å². The lowest BCUT2D eigenvalue weighted by Gasteiger charge is -2.15. The molecule has 0 aliphatic carbocycles. The van der Waals surface area contributed by atoms with Gasteiger partial charge in [-0.3, -0.25) is 4.79 Å². The Morgan fingerprint density at radius 2 is 1.88 bits per heavy atom. The number of carbonyl (C=O) groups is 1. The van der Waals surface area contributed by atoms with Gasteiger partial charge in [0, 0.05) is 24.3 Å². The summed E-state index contributed by atoms with van der Waals surface area (Å²) in [6.45, 7) is 2.44. The number of hydrogen-bond acceptors (Lipinski definition) is 3. The second-order valence-corrected chi connectivity index (χ2v) is 5.86. The zero-order chi connectivity index (χ0) is 17.4. The molecule has 4 heteroatoms. The molecule has 24 heavy (non-hydrogen) atoms. The first kappa shape index (κ1) is 18.0. The molecule has 0 aliphatic rings. The number of aryl methyl sites for hydroxylation is 1. The van der Waals surface area contributed by atoms with Gasteiger partial charge in [0.2, 0.25) is 0 Å². The van der Waals surface area contributed by atoms with Crippen molar-refractivity contribution < 1.29 is 14.3 Å². The maximum atomic E-state index is 12.4. The van der Waals surface area contributed by atoms with Crippen molar-refractivity contribution in [2.75, 3.05) is 14.2 Å². The van der Waals surface area contributed by atoms with Gasteiger partial charge in [0.05, 0.1) is 13.7 Å². The highest BCUT2D eigenvalue weighted by Crippen LogP contribution is 2.20. The lowest BCUT2D eigenvalue weighted by Crippen LogP contribution is -2.33. The Bertz CT molecular complexity index is 655. The molecule has 1 atom stereocenters. The van der Waals surface area contributed by atoms with Gasteiger partial charge in [-0.15, -0.1) is 0 Å². The van der Waals surface area contributed by atoms with Gasteiger partial charge in [-0.2, -0.15) is 0 Å². The van der Waals surface area contributed by atoms with E-state index in [4.69, 9.17) is 9.47 Å². The molecule has 128 valence electrons. The summed E-state index contributed by atoms with van der Waals surface area (Å²) >= 11 is 0. The molecule has 0 fully saturated rings. The van der Waals surface area contributed by atoms with E-state index in [1.54, 1.807) is 26.4 Å². The Hall–Kier alpha value is -2.33. The van der Waals surface area contributed by atoms with Crippen LogP contribution in [0.4, 0.5) is 0 Å². The van der Waals surface area contributed by atoms with Crippen molar-refractivity contribution in [2.45, 2.75) is 32.4 Å². The molecule has 0 spiro atoms. The Labute approximate surface area is 143 Å². The molecule has 0 aromatic heterocycles. The van der Waals surface area contributed by atoms with Crippen LogP contribution in [0.25, 0.3) is 0 Å². The molecule has 0 radical (unpaired) electrons. The molecule has 0 saturated heterocycles. The van der Waals surface area contributed by atoms with Crippen molar-refractivity contribution in [1.82, 2.24) is 5.32 Å². The molecule has 0 bridgehead atoms. The van der Waals surface area contributed by atoms with E-state index in [0.717, 1.165) is 24.2 Å². The lowest BCUT2D eigenvalue weighted by molar-refractivity contribution is 0.0938. The topological polar surface area (TPSA) is 47.6 Å². The minimum atomic E-state index is -0.0735. The zero-order valence-electron chi connectivity index (χ0n) is 14.5. The Kier molecular flexibility index (Phi) is 6.82. The molecule has 0 unspecified atom stereocenters. The SMILES string of the molecule is COCc1cc(C(=O)N[C@@H](C)CCc2ccccc2)ccc1OC. The average Bonchev–Trinajstić information content (AvgIpc) is 2.61. The maximum absolute atomic E-state index is 12.4. The van der Waals surface area contributed by atoms with Gasteiger partial charge < -0.3 is 14.8 Å². The summed E-state index contributed by atoms with van der Waals surface area (Å²) < 4.78 is 10.5. The molecule has 0 saturated carbocycles. The van der Waals surface area contributed by atoms with Crippen molar-refractivity contribution in [3.63, 3.8) is 0 Å². The van der Waals surface area contributed by atoms with Gasteiger partial charge in [-0.25, -0.2) is 0 Å². The summed E-state index contributed by atoms with van der Waals surface area (Å²) in [5.41, 5.74) is 2.77. The fourth-order valence-electron chi connectivity index (χ4n) is 2.60. The molecule has 4 nitrogen and oxygen atoms in total. The van der Waals surface area contributed by atoms with Crippen molar-refractivity contribution in [3.8, 4) is 5.75 Å². The summed E-state index contributed by atoms with van der Waals surface area (Å²) in [6.07, 6.45) is 1.84. The van der Waals surface area contributed by atoms with Crippen LogP contribution in [0, 0.1) is 0 Å². The number of hydrogen-bond donors (Lipinski definition) is 1. The minimum absolute atomic E-state index is 0.0735. The molecular formula is C20H25NO3. The van der Waals surface area contributed by atoms with Crippen LogP contribution in [0.3, 0.4) is 0 Å². The first-order valence-corrected chi connectivity index (χ1v) is 8.14. The lowest BCUT2D eigenvalue weighted by atomic mass is 10.1. The second kappa shape index (κ2) is 9.08. The zero-order valence-corrected chi connectivity index (χ0v) is 14.5. The highest BCUT2D eigenvalue weighted by atomic mass is 16.5. The summed E-state index contributed by atoms with van der Waals surface area (Å²) in [6, 6.07) is 15.8. The summed E-state index contributed by atoms with van der Waals surface area (Å²) in [7, 11) is 3.23. The molecule has 2 aromatic rings. The number of methoxy groups -OCH3 is 2. The summed E-state index contributed by atoms with van der Waals surface area (Å²) in [5.74, 6) is 0.654. The van der Waals surface area contributed by atoms with Crippen molar-refractivity contribution in [1.29, 1.82) is 0 Å². The van der Waals surface area contributed by atoms with E-state index in [-0.39, 0.29) is 11.9 Å². The van der Waals surface area contributed by atoms with Crippen LogP contribution >= 0.6 is 0 Å². The number of carbonyl (C=O) groups excluding carboxylic acids is 1. The van der Waals surface area contributed by atoms with Crippen LogP contribution in [0.5, 0.6) is 5.75 Å². The van der Waals surface area contributed by atoms with Crippen LogP contribution in [0.2, 0.25) is 0 Å². The largest absolute Gasteiger partial charge is 0.496 e. The molecular weight excluding hydrogens is 302 g/mol. The number of nitrogens with one attached hydrogen (secondary N) is 1. The Balaban J connectivity index is 1.94. The van der Waals surface area contributed by atoms with E-state index in [2.05, 4.69) is 17.4 Å². The van der Waals surface area contributed by atoms with Gasteiger partial charge in [-0.05, 0) is 43.5 Å². The predicted octanol–water partition coefficient (Wildman–Crippen LogP) is 3.59. The van der Waals surface area contributed by atoms with Crippen LogP contribution in [-0.4, -0.2) is 26.2 Å². The van der Waals surface area contributed by atoms with E-state index < -0.39 is 0 Å². The van der Waals surface area contributed by atoms with E-state index in [1.165, 1.54) is 5.56 Å². The fraction of sp³-hybridized carbons (Fsp3) is 0.350. The van der Waals surface area contributed by atoms with Gasteiger partial charge in [0.25, 0.3) is 5.91 Å². The minimum Gasteiger partial charge on any atom is -0.496 e. The third-order valence-corrected chi connectivity index (χ3v) is 3.93.